The van der Waals surface area contributed by atoms with E-state index in [-0.39, 0.29) is 94.9 Å². The minimum atomic E-state index is -1.86. The molecule has 0 spiro atoms. The number of aliphatic hydroxyl groups excluding tert-OH is 2. The van der Waals surface area contributed by atoms with Gasteiger partial charge in [0.15, 0.2) is 5.96 Å². The highest BCUT2D eigenvalue weighted by Crippen LogP contribution is 2.20. The number of H-pyrrole nitrogens is 1. The zero-order valence-electron chi connectivity index (χ0n) is 48.0. The zero-order valence-corrected chi connectivity index (χ0v) is 48.0. The lowest BCUT2D eigenvalue weighted by Gasteiger charge is -2.28. The molecular formula is C51H91N21O13. The molecule has 2 rings (SSSR count). The quantitative estimate of drug-likeness (QED) is 0.0125. The molecule has 85 heavy (non-hydrogen) atoms. The van der Waals surface area contributed by atoms with Crippen molar-refractivity contribution in [1.82, 2.24) is 57.4 Å². The van der Waals surface area contributed by atoms with Crippen LogP contribution < -0.4 is 88.4 Å². The number of carboxylic acids is 1. The molecule has 1 fully saturated rings. The molecule has 478 valence electrons. The van der Waals surface area contributed by atoms with Gasteiger partial charge < -0.3 is 114 Å². The van der Waals surface area contributed by atoms with Crippen LogP contribution in [0.25, 0.3) is 0 Å². The molecule has 1 aromatic heterocycles. The molecule has 0 aromatic carbocycles. The molecule has 1 aliphatic heterocycles. The molecule has 1 saturated heterocycles. The van der Waals surface area contributed by atoms with E-state index in [1.165, 1.54) is 23.5 Å². The lowest BCUT2D eigenvalue weighted by Crippen LogP contribution is -2.63. The maximum Gasteiger partial charge on any atom is 0.326 e. The van der Waals surface area contributed by atoms with E-state index in [0.29, 0.717) is 70.2 Å². The Bertz CT molecular complexity index is 2400. The number of guanidine groups is 1. The summed E-state index contributed by atoms with van der Waals surface area (Å²) in [4.78, 5) is 148. The number of imidazole rings is 1. The van der Waals surface area contributed by atoms with Crippen LogP contribution in [0.4, 0.5) is 0 Å². The number of amides is 9. The van der Waals surface area contributed by atoms with E-state index in [0.717, 1.165) is 0 Å². The van der Waals surface area contributed by atoms with Crippen LogP contribution in [0, 0.1) is 5.41 Å². The van der Waals surface area contributed by atoms with Crippen molar-refractivity contribution in [2.75, 3.05) is 58.9 Å². The van der Waals surface area contributed by atoms with Gasteiger partial charge in [-0.15, -0.1) is 0 Å². The molecule has 0 bridgehead atoms. The highest BCUT2D eigenvalue weighted by molar-refractivity contribution is 6.40. The topological polar surface area (TPSA) is 604 Å². The normalized spacial score (nSPS) is 16.2. The molecule has 29 N–H and O–H groups in total. The van der Waals surface area contributed by atoms with E-state index in [1.807, 2.05) is 0 Å². The van der Waals surface area contributed by atoms with Gasteiger partial charge in [0, 0.05) is 44.5 Å². The van der Waals surface area contributed by atoms with Crippen LogP contribution in [0.2, 0.25) is 0 Å². The second-order valence-corrected chi connectivity index (χ2v) is 20.1. The lowest BCUT2D eigenvalue weighted by atomic mass is 10.1. The number of carboxylic acid groups (broad SMARTS) is 1. The fourth-order valence-electron chi connectivity index (χ4n) is 8.60. The predicted octanol–water partition coefficient (Wildman–Crippen LogP) is -8.11. The van der Waals surface area contributed by atoms with E-state index in [1.54, 1.807) is 0 Å². The van der Waals surface area contributed by atoms with Gasteiger partial charge in [0.25, 0.3) is 17.7 Å². The molecule has 9 atom stereocenters. The van der Waals surface area contributed by atoms with Crippen LogP contribution in [0.1, 0.15) is 102 Å². The van der Waals surface area contributed by atoms with E-state index < -0.39 is 133 Å². The summed E-state index contributed by atoms with van der Waals surface area (Å²) in [6.45, 7) is -0.857. The molecule has 1 aliphatic rings. The number of aliphatic carboxylic acids is 1. The molecule has 2 heterocycles. The summed E-state index contributed by atoms with van der Waals surface area (Å²) in [6, 6.07) is -10.1. The van der Waals surface area contributed by atoms with Crippen molar-refractivity contribution in [1.29, 1.82) is 5.41 Å². The van der Waals surface area contributed by atoms with Crippen LogP contribution in [-0.2, 0) is 54.4 Å². The summed E-state index contributed by atoms with van der Waals surface area (Å²) >= 11 is 0. The average molecular weight is 1210 g/mol. The molecule has 0 radical (unpaired) electrons. The Morgan fingerprint density at radius 2 is 1.31 bits per heavy atom. The number of aliphatic hydroxyl groups is 2. The monoisotopic (exact) mass is 1210 g/mol. The molecular weight excluding hydrogens is 1110 g/mol. The van der Waals surface area contributed by atoms with Gasteiger partial charge in [0.1, 0.15) is 47.7 Å². The minimum Gasteiger partial charge on any atom is -0.480 e. The SMILES string of the molecule is N=C(N)NCC/C=C(\NC(=O)[C@H](CCCCN)NC(=O)[C@H](Cc1cnc[nH]1)NC(=O)[C@@H]1CCCN1C(=O)/C(CCCCN)=N/C(=O)CNC(=O)[C@@H](NC(=O)[C@@H](NC(=O)[C@@H](N)CCCCN)[C@@H](O)CN)[C@@H](O)CN)C(=O)N[C@@H](CCCCN)C(=O)O. The first kappa shape index (κ1) is 73.5. The van der Waals surface area contributed by atoms with Crippen molar-refractivity contribution in [3.63, 3.8) is 0 Å². The van der Waals surface area contributed by atoms with Gasteiger partial charge in [-0.3, -0.25) is 48.6 Å². The number of nitrogens with zero attached hydrogens (tertiary/aromatic N) is 3. The molecule has 0 saturated carbocycles. The highest BCUT2D eigenvalue weighted by atomic mass is 16.4. The largest absolute Gasteiger partial charge is 0.480 e. The Balaban J connectivity index is 2.42. The van der Waals surface area contributed by atoms with E-state index >= 15 is 0 Å². The van der Waals surface area contributed by atoms with Crippen LogP contribution in [0.3, 0.4) is 0 Å². The summed E-state index contributed by atoms with van der Waals surface area (Å²) in [5, 5.41) is 58.2. The third-order valence-corrected chi connectivity index (χ3v) is 13.4. The Morgan fingerprint density at radius 1 is 0.718 bits per heavy atom. The Kier molecular flexibility index (Phi) is 35.2. The van der Waals surface area contributed by atoms with Gasteiger partial charge in [-0.1, -0.05) is 12.5 Å². The number of aromatic nitrogens is 2. The summed E-state index contributed by atoms with van der Waals surface area (Å²) in [5.41, 5.74) is 44.8. The van der Waals surface area contributed by atoms with Crippen molar-refractivity contribution in [2.45, 2.75) is 157 Å². The Hall–Kier alpha value is -7.57. The lowest BCUT2D eigenvalue weighted by molar-refractivity contribution is -0.141. The van der Waals surface area contributed by atoms with Crippen LogP contribution in [0.15, 0.2) is 29.3 Å². The number of aromatic amines is 1. The number of aliphatic imine (C=N–C) groups is 1. The van der Waals surface area contributed by atoms with Gasteiger partial charge in [-0.05, 0) is 116 Å². The van der Waals surface area contributed by atoms with E-state index in [4.69, 9.17) is 51.3 Å². The molecule has 34 heteroatoms. The van der Waals surface area contributed by atoms with Crippen LogP contribution in [-0.4, -0.2) is 214 Å². The average Bonchev–Trinajstić information content (AvgIpc) is 4.24. The fraction of sp³-hybridized carbons (Fsp3) is 0.667. The number of carbonyl (C=O) groups is 10. The van der Waals surface area contributed by atoms with E-state index in [9.17, 15) is 63.3 Å². The number of carbonyl (C=O) groups excluding carboxylic acids is 9. The van der Waals surface area contributed by atoms with Gasteiger partial charge >= 0.3 is 5.97 Å². The number of likely N-dealkylation sites (tertiary alicyclic amines) is 1. The number of nitrogens with two attached hydrogens (primary N) is 8. The number of unbranched alkanes of at least 4 members (excludes halogenated alkanes) is 4. The first-order chi connectivity index (χ1) is 40.6. The first-order valence-corrected chi connectivity index (χ1v) is 28.4. The second-order valence-electron chi connectivity index (χ2n) is 20.1. The van der Waals surface area contributed by atoms with Crippen LogP contribution >= 0.6 is 0 Å². The highest BCUT2D eigenvalue weighted by Gasteiger charge is 2.39. The molecule has 9 amide bonds. The maximum atomic E-state index is 14.4. The number of rotatable bonds is 42. The smallest absolute Gasteiger partial charge is 0.326 e. The summed E-state index contributed by atoms with van der Waals surface area (Å²) in [6.07, 6.45) is 4.20. The molecule has 1 aromatic rings. The van der Waals surface area contributed by atoms with Crippen molar-refractivity contribution < 1.29 is 63.3 Å². The summed E-state index contributed by atoms with van der Waals surface area (Å²) < 4.78 is 0. The number of hydrogen-bond donors (Lipinski definition) is 21. The number of nitrogens with one attached hydrogen (secondary N) is 10. The molecule has 0 aliphatic carbocycles. The Labute approximate surface area is 492 Å². The third kappa shape index (κ3) is 26.9. The van der Waals surface area contributed by atoms with Crippen molar-refractivity contribution in [3.8, 4) is 0 Å². The zero-order chi connectivity index (χ0) is 63.4. The van der Waals surface area contributed by atoms with Crippen molar-refractivity contribution in [3.05, 3.63) is 30.0 Å². The maximum absolute atomic E-state index is 14.4. The second kappa shape index (κ2) is 40.6. The van der Waals surface area contributed by atoms with Gasteiger partial charge in [0.05, 0.1) is 31.1 Å². The third-order valence-electron chi connectivity index (χ3n) is 13.4. The fourth-order valence-corrected chi connectivity index (χ4v) is 8.60. The van der Waals surface area contributed by atoms with Crippen molar-refractivity contribution >= 4 is 70.8 Å². The van der Waals surface area contributed by atoms with E-state index in [2.05, 4.69) is 57.5 Å². The predicted molar refractivity (Wildman–Crippen MR) is 310 cm³/mol. The van der Waals surface area contributed by atoms with Crippen molar-refractivity contribution in [2.24, 2.45) is 50.9 Å². The number of hydrogen-bond acceptors (Lipinski definition) is 21. The Morgan fingerprint density at radius 3 is 1.88 bits per heavy atom. The molecule has 0 unspecified atom stereocenters. The minimum absolute atomic E-state index is 0.00654. The van der Waals surface area contributed by atoms with Gasteiger partial charge in [0.2, 0.25) is 35.4 Å². The first-order valence-electron chi connectivity index (χ1n) is 28.4. The standard InChI is InChI=1S/C51H91N21O13/c52-17-5-1-11-30(58)42(76)70-41(38(74)25-57)48(82)71-40(37(73)24-56)47(81)63-27-39(75)65-33(13-3-7-19-54)49(83)72-22-10-16-36(72)46(80)69-35(23-29-26-61-28-64-29)45(79)67-31(12-2-6-18-53)43(77)66-32(15-9-21-62-51(59)60)44(78)68-34(50(84)85)14-4-8-20-55/h15,26,28,30-31,34-38,40-41,73-74H,1-14,16-25,27,52-58H2,(H,61,64)(H,63,81)(H,66,77)(H,67,79)(H,68,78)(H,69,80)(H,70,76)(H,71,82)(H,84,85)(H4,59,60,62)/b32-15-,65-33+/t30-,31-,34-,35-,36-,37-,38-,40-,41-/m0/s1. The van der Waals surface area contributed by atoms with Crippen LogP contribution in [0.5, 0.6) is 0 Å². The van der Waals surface area contributed by atoms with Gasteiger partial charge in [-0.25, -0.2) is 14.8 Å². The molecule has 34 nitrogen and oxygen atoms in total. The summed E-state index contributed by atoms with van der Waals surface area (Å²) in [7, 11) is 0. The van der Waals surface area contributed by atoms with Gasteiger partial charge in [-0.2, -0.15) is 0 Å². The summed E-state index contributed by atoms with van der Waals surface area (Å²) in [5.74, 6) is -10.2.